The molecule has 112 valence electrons. The minimum atomic E-state index is -1.69. The van der Waals surface area contributed by atoms with Gasteiger partial charge in [-0.3, -0.25) is 0 Å². The van der Waals surface area contributed by atoms with Crippen LogP contribution in [0.5, 0.6) is 0 Å². The molecule has 0 bridgehead atoms. The number of aliphatic hydroxyl groups excluding tert-OH is 2. The Kier molecular flexibility index (Phi) is 3.12. The first-order valence-corrected chi connectivity index (χ1v) is 7.10. The lowest BCUT2D eigenvalue weighted by molar-refractivity contribution is -0.307. The fourth-order valence-corrected chi connectivity index (χ4v) is 4.30. The first-order valence-electron chi connectivity index (χ1n) is 7.10. The molecule has 2 aliphatic carbocycles. The highest BCUT2D eigenvalue weighted by Gasteiger charge is 2.68. The number of aliphatic hydroxyl groups is 4. The van der Waals surface area contributed by atoms with Crippen molar-refractivity contribution in [2.24, 2.45) is 17.8 Å². The maximum absolute atomic E-state index is 11.1. The van der Waals surface area contributed by atoms with E-state index in [0.29, 0.717) is 24.0 Å². The van der Waals surface area contributed by atoms with Gasteiger partial charge < -0.3 is 25.2 Å². The fourth-order valence-electron chi connectivity index (χ4n) is 4.30. The molecule has 1 saturated carbocycles. The molecule has 2 fully saturated rings. The van der Waals surface area contributed by atoms with Crippen molar-refractivity contribution in [2.75, 3.05) is 13.2 Å². The molecule has 4 N–H and O–H groups in total. The third kappa shape index (κ3) is 1.55. The Bertz CT molecular complexity index is 473. The lowest BCUT2D eigenvalue weighted by Crippen LogP contribution is -2.67. The van der Waals surface area contributed by atoms with E-state index in [1.165, 1.54) is 0 Å². The second-order valence-corrected chi connectivity index (χ2v) is 6.43. The minimum absolute atomic E-state index is 0.0315. The van der Waals surface area contributed by atoms with Crippen LogP contribution in [0.25, 0.3) is 0 Å². The zero-order valence-electron chi connectivity index (χ0n) is 11.6. The van der Waals surface area contributed by atoms with Crippen LogP contribution in [0.4, 0.5) is 0 Å². The summed E-state index contributed by atoms with van der Waals surface area (Å²) >= 11 is 0. The van der Waals surface area contributed by atoms with Crippen molar-refractivity contribution in [2.45, 2.75) is 37.3 Å². The third-order valence-corrected chi connectivity index (χ3v) is 5.45. The highest BCUT2D eigenvalue weighted by atomic mass is 16.6. The van der Waals surface area contributed by atoms with Crippen molar-refractivity contribution in [3.63, 3.8) is 0 Å². The molecule has 1 heterocycles. The maximum Gasteiger partial charge on any atom is 0.199 e. The summed E-state index contributed by atoms with van der Waals surface area (Å²) in [5, 5.41) is 41.7. The normalized spacial score (nSPS) is 51.5. The smallest absolute Gasteiger partial charge is 0.199 e. The Hall–Kier alpha value is -0.720. The molecular formula is C15H22O5. The predicted octanol–water partition coefficient (Wildman–Crippen LogP) is -0.0520. The lowest BCUT2D eigenvalue weighted by Gasteiger charge is -2.55. The second kappa shape index (κ2) is 4.39. The van der Waals surface area contributed by atoms with Crippen molar-refractivity contribution in [3.8, 4) is 0 Å². The second-order valence-electron chi connectivity index (χ2n) is 6.43. The zero-order valence-corrected chi connectivity index (χ0v) is 11.6. The summed E-state index contributed by atoms with van der Waals surface area (Å²) in [5.74, 6) is -2.16. The maximum atomic E-state index is 11.1. The van der Waals surface area contributed by atoms with Crippen LogP contribution in [-0.4, -0.2) is 51.1 Å². The number of hydrogen-bond donors (Lipinski definition) is 4. The molecule has 0 amide bonds. The molecule has 3 rings (SSSR count). The number of hydrogen-bond acceptors (Lipinski definition) is 5. The van der Waals surface area contributed by atoms with Crippen molar-refractivity contribution in [1.29, 1.82) is 0 Å². The SMILES string of the molecule is C=C1COC2(O)CC(C)C3CC=C(CO)C(O)C3C12O. The van der Waals surface area contributed by atoms with E-state index >= 15 is 0 Å². The summed E-state index contributed by atoms with van der Waals surface area (Å²) in [6.07, 6.45) is 1.84. The van der Waals surface area contributed by atoms with Gasteiger partial charge in [0.15, 0.2) is 5.79 Å². The summed E-state index contributed by atoms with van der Waals surface area (Å²) in [6, 6.07) is 0. The average molecular weight is 282 g/mol. The molecule has 0 aromatic heterocycles. The monoisotopic (exact) mass is 282 g/mol. The van der Waals surface area contributed by atoms with E-state index in [0.717, 1.165) is 0 Å². The molecule has 0 aromatic carbocycles. The van der Waals surface area contributed by atoms with Gasteiger partial charge in [0, 0.05) is 12.3 Å². The molecular weight excluding hydrogens is 260 g/mol. The number of allylic oxidation sites excluding steroid dienone is 1. The van der Waals surface area contributed by atoms with Crippen LogP contribution in [0.2, 0.25) is 0 Å². The standard InChI is InChI=1S/C15H22O5/c1-8-5-14(18)15(19,9(2)7-20-14)12-11(8)4-3-10(6-16)13(12)17/h3,8,11-13,16-19H,2,4-7H2,1H3. The molecule has 20 heavy (non-hydrogen) atoms. The predicted molar refractivity (Wildman–Crippen MR) is 71.5 cm³/mol. The van der Waals surface area contributed by atoms with Crippen molar-refractivity contribution in [3.05, 3.63) is 23.8 Å². The van der Waals surface area contributed by atoms with E-state index in [2.05, 4.69) is 6.58 Å². The van der Waals surface area contributed by atoms with Gasteiger partial charge in [0.25, 0.3) is 0 Å². The molecule has 6 unspecified atom stereocenters. The Morgan fingerprint density at radius 2 is 2.15 bits per heavy atom. The van der Waals surface area contributed by atoms with Gasteiger partial charge in [-0.15, -0.1) is 0 Å². The molecule has 6 atom stereocenters. The van der Waals surface area contributed by atoms with Gasteiger partial charge in [0.2, 0.25) is 0 Å². The van der Waals surface area contributed by atoms with Crippen LogP contribution >= 0.6 is 0 Å². The molecule has 1 aliphatic heterocycles. The molecule has 1 saturated heterocycles. The van der Waals surface area contributed by atoms with Gasteiger partial charge in [-0.2, -0.15) is 0 Å². The number of rotatable bonds is 1. The summed E-state index contributed by atoms with van der Waals surface area (Å²) in [6.45, 7) is 5.66. The Morgan fingerprint density at radius 3 is 2.80 bits per heavy atom. The van der Waals surface area contributed by atoms with E-state index < -0.39 is 23.4 Å². The summed E-state index contributed by atoms with van der Waals surface area (Å²) in [7, 11) is 0. The van der Waals surface area contributed by atoms with Crippen LogP contribution in [-0.2, 0) is 4.74 Å². The highest BCUT2D eigenvalue weighted by molar-refractivity contribution is 5.33. The highest BCUT2D eigenvalue weighted by Crippen LogP contribution is 2.57. The summed E-state index contributed by atoms with van der Waals surface area (Å²) < 4.78 is 5.41. The van der Waals surface area contributed by atoms with Crippen LogP contribution in [0.1, 0.15) is 19.8 Å². The molecule has 5 nitrogen and oxygen atoms in total. The number of ether oxygens (including phenoxy) is 1. The molecule has 5 heteroatoms. The molecule has 0 spiro atoms. The first kappa shape index (κ1) is 14.2. The Morgan fingerprint density at radius 1 is 1.45 bits per heavy atom. The fraction of sp³-hybridized carbons (Fsp3) is 0.733. The van der Waals surface area contributed by atoms with Crippen LogP contribution in [0.3, 0.4) is 0 Å². The summed E-state index contributed by atoms with van der Waals surface area (Å²) in [5.41, 5.74) is -0.755. The van der Waals surface area contributed by atoms with Gasteiger partial charge in [-0.1, -0.05) is 19.6 Å². The van der Waals surface area contributed by atoms with E-state index in [9.17, 15) is 20.4 Å². The third-order valence-electron chi connectivity index (χ3n) is 5.45. The van der Waals surface area contributed by atoms with Gasteiger partial charge in [0.1, 0.15) is 5.60 Å². The van der Waals surface area contributed by atoms with Crippen LogP contribution in [0, 0.1) is 17.8 Å². The Labute approximate surface area is 118 Å². The average Bonchev–Trinajstić information content (AvgIpc) is 2.63. The van der Waals surface area contributed by atoms with Crippen molar-refractivity contribution in [1.82, 2.24) is 0 Å². The lowest BCUT2D eigenvalue weighted by atomic mass is 9.55. The van der Waals surface area contributed by atoms with Crippen LogP contribution in [0.15, 0.2) is 23.8 Å². The van der Waals surface area contributed by atoms with Crippen molar-refractivity contribution < 1.29 is 25.2 Å². The van der Waals surface area contributed by atoms with Gasteiger partial charge in [-0.05, 0) is 29.4 Å². The Balaban J connectivity index is 2.10. The zero-order chi connectivity index (χ0) is 14.7. The molecule has 0 aromatic rings. The largest absolute Gasteiger partial charge is 0.392 e. The minimum Gasteiger partial charge on any atom is -0.392 e. The first-order chi connectivity index (χ1) is 9.35. The quantitative estimate of drug-likeness (QED) is 0.506. The molecule has 0 radical (unpaired) electrons. The van der Waals surface area contributed by atoms with E-state index in [1.807, 2.05) is 13.0 Å². The van der Waals surface area contributed by atoms with E-state index in [1.54, 1.807) is 0 Å². The topological polar surface area (TPSA) is 90.2 Å². The van der Waals surface area contributed by atoms with Gasteiger partial charge in [0.05, 0.1) is 19.3 Å². The van der Waals surface area contributed by atoms with Gasteiger partial charge in [-0.25, -0.2) is 0 Å². The van der Waals surface area contributed by atoms with Crippen molar-refractivity contribution >= 4 is 0 Å². The van der Waals surface area contributed by atoms with Crippen LogP contribution < -0.4 is 0 Å². The molecule has 3 aliphatic rings. The summed E-state index contributed by atoms with van der Waals surface area (Å²) in [4.78, 5) is 0. The van der Waals surface area contributed by atoms with E-state index in [-0.39, 0.29) is 25.0 Å². The van der Waals surface area contributed by atoms with E-state index in [4.69, 9.17) is 4.74 Å². The van der Waals surface area contributed by atoms with Gasteiger partial charge >= 0.3 is 0 Å². The number of fused-ring (bicyclic) bond motifs is 3.